The lowest BCUT2D eigenvalue weighted by atomic mass is 9.99. The maximum atomic E-state index is 12.4. The highest BCUT2D eigenvalue weighted by atomic mass is 35.5. The van der Waals surface area contributed by atoms with Gasteiger partial charge in [0, 0.05) is 26.6 Å². The van der Waals surface area contributed by atoms with Gasteiger partial charge in [0.2, 0.25) is 5.91 Å². The number of carbonyl (C=O) groups excluding carboxylic acids is 1. The van der Waals surface area contributed by atoms with E-state index in [-0.39, 0.29) is 36.8 Å². The number of imidazole rings is 1. The third-order valence-electron chi connectivity index (χ3n) is 4.84. The molecule has 1 aliphatic rings. The van der Waals surface area contributed by atoms with Gasteiger partial charge in [-0.1, -0.05) is 18.6 Å². The maximum absolute atomic E-state index is 12.4. The number of para-hydroxylation sites is 2. The first-order valence-corrected chi connectivity index (χ1v) is 7.96. The van der Waals surface area contributed by atoms with Crippen LogP contribution in [-0.2, 0) is 18.4 Å². The molecular formula is C17H26Cl2N4O. The van der Waals surface area contributed by atoms with Crippen LogP contribution in [0.2, 0.25) is 0 Å². The molecule has 1 heterocycles. The first kappa shape index (κ1) is 20.7. The minimum Gasteiger partial charge on any atom is -0.338 e. The number of carbonyl (C=O) groups is 1. The molecule has 1 saturated carbocycles. The van der Waals surface area contributed by atoms with E-state index in [9.17, 15) is 4.79 Å². The SMILES string of the molecule is CN(Cc1nc2ccccc2n1C)C(=O)C[C@@H]1CCC[C@H]1N.Cl.Cl. The second kappa shape index (κ2) is 8.70. The van der Waals surface area contributed by atoms with Crippen LogP contribution in [0.5, 0.6) is 0 Å². The van der Waals surface area contributed by atoms with Crippen LogP contribution in [0.1, 0.15) is 31.5 Å². The van der Waals surface area contributed by atoms with Crippen molar-refractivity contribution in [2.45, 2.75) is 38.3 Å². The molecule has 7 heteroatoms. The summed E-state index contributed by atoms with van der Waals surface area (Å²) in [4.78, 5) is 18.8. The summed E-state index contributed by atoms with van der Waals surface area (Å²) in [6.07, 6.45) is 3.83. The first-order valence-electron chi connectivity index (χ1n) is 7.96. The van der Waals surface area contributed by atoms with E-state index >= 15 is 0 Å². The molecule has 1 fully saturated rings. The van der Waals surface area contributed by atoms with E-state index in [0.717, 1.165) is 36.1 Å². The molecule has 24 heavy (non-hydrogen) atoms. The summed E-state index contributed by atoms with van der Waals surface area (Å²) in [5, 5.41) is 0. The van der Waals surface area contributed by atoms with Crippen molar-refractivity contribution in [3.63, 3.8) is 0 Å². The number of hydrogen-bond donors (Lipinski definition) is 1. The zero-order chi connectivity index (χ0) is 15.7. The first-order chi connectivity index (χ1) is 10.6. The van der Waals surface area contributed by atoms with Gasteiger partial charge in [0.05, 0.1) is 17.6 Å². The average molecular weight is 373 g/mol. The lowest BCUT2D eigenvalue weighted by Crippen LogP contribution is -2.33. The molecule has 0 radical (unpaired) electrons. The minimum absolute atomic E-state index is 0. The van der Waals surface area contributed by atoms with Crippen molar-refractivity contribution in [2.75, 3.05) is 7.05 Å². The van der Waals surface area contributed by atoms with E-state index in [1.54, 1.807) is 4.90 Å². The van der Waals surface area contributed by atoms with Crippen molar-refractivity contribution in [2.24, 2.45) is 18.7 Å². The number of fused-ring (bicyclic) bond motifs is 1. The second-order valence-electron chi connectivity index (χ2n) is 6.38. The number of nitrogens with zero attached hydrogens (tertiary/aromatic N) is 3. The smallest absolute Gasteiger partial charge is 0.223 e. The van der Waals surface area contributed by atoms with Gasteiger partial charge in [-0.3, -0.25) is 4.79 Å². The van der Waals surface area contributed by atoms with Crippen LogP contribution in [0.3, 0.4) is 0 Å². The molecule has 1 amide bonds. The Morgan fingerprint density at radius 3 is 2.67 bits per heavy atom. The van der Waals surface area contributed by atoms with E-state index < -0.39 is 0 Å². The number of benzene rings is 1. The van der Waals surface area contributed by atoms with Gasteiger partial charge < -0.3 is 15.2 Å². The number of aryl methyl sites for hydroxylation is 1. The Morgan fingerprint density at radius 2 is 2.04 bits per heavy atom. The number of nitrogens with two attached hydrogens (primary N) is 1. The minimum atomic E-state index is 0. The zero-order valence-electron chi connectivity index (χ0n) is 14.1. The van der Waals surface area contributed by atoms with E-state index in [4.69, 9.17) is 5.73 Å². The largest absolute Gasteiger partial charge is 0.338 e. The summed E-state index contributed by atoms with van der Waals surface area (Å²) in [6, 6.07) is 8.22. The van der Waals surface area contributed by atoms with E-state index in [0.29, 0.717) is 18.9 Å². The standard InChI is InChI=1S/C17H24N4O.2ClH/c1-20(17(22)10-12-6-5-7-13(12)18)11-16-19-14-8-3-4-9-15(14)21(16)2;;/h3-4,8-9,12-13H,5-7,10-11,18H2,1-2H3;2*1H/t12-,13+;;/m0../s1. The van der Waals surface area contributed by atoms with Gasteiger partial charge in [-0.25, -0.2) is 4.98 Å². The van der Waals surface area contributed by atoms with Crippen molar-refractivity contribution in [1.82, 2.24) is 14.5 Å². The van der Waals surface area contributed by atoms with Gasteiger partial charge in [0.15, 0.2) is 0 Å². The molecular weight excluding hydrogens is 347 g/mol. The fourth-order valence-corrected chi connectivity index (χ4v) is 3.34. The molecule has 0 aliphatic heterocycles. The van der Waals surface area contributed by atoms with Crippen molar-refractivity contribution >= 4 is 41.8 Å². The lowest BCUT2D eigenvalue weighted by Gasteiger charge is -2.21. The fraction of sp³-hybridized carbons (Fsp3) is 0.529. The normalized spacial score (nSPS) is 19.6. The highest BCUT2D eigenvalue weighted by Crippen LogP contribution is 2.27. The molecule has 0 spiro atoms. The van der Waals surface area contributed by atoms with Crippen molar-refractivity contribution in [1.29, 1.82) is 0 Å². The van der Waals surface area contributed by atoms with Crippen LogP contribution in [0.4, 0.5) is 0 Å². The molecule has 134 valence electrons. The quantitative estimate of drug-likeness (QED) is 0.896. The predicted octanol–water partition coefficient (Wildman–Crippen LogP) is 2.89. The second-order valence-corrected chi connectivity index (χ2v) is 6.38. The maximum Gasteiger partial charge on any atom is 0.223 e. The van der Waals surface area contributed by atoms with Crippen LogP contribution in [-0.4, -0.2) is 33.4 Å². The summed E-state index contributed by atoms with van der Waals surface area (Å²) in [5.41, 5.74) is 8.13. The number of halogens is 2. The fourth-order valence-electron chi connectivity index (χ4n) is 3.34. The van der Waals surface area contributed by atoms with Gasteiger partial charge in [-0.2, -0.15) is 0 Å². The number of rotatable bonds is 4. The summed E-state index contributed by atoms with van der Waals surface area (Å²) < 4.78 is 2.06. The Labute approximate surface area is 155 Å². The Hall–Kier alpha value is -1.30. The Morgan fingerprint density at radius 1 is 1.33 bits per heavy atom. The number of amides is 1. The van der Waals surface area contributed by atoms with Gasteiger partial charge in [0.1, 0.15) is 5.82 Å². The van der Waals surface area contributed by atoms with Crippen molar-refractivity contribution in [3.05, 3.63) is 30.1 Å². The van der Waals surface area contributed by atoms with Crippen molar-refractivity contribution < 1.29 is 4.79 Å². The molecule has 2 aromatic rings. The van der Waals surface area contributed by atoms with Gasteiger partial charge in [0.25, 0.3) is 0 Å². The summed E-state index contributed by atoms with van der Waals surface area (Å²) in [6.45, 7) is 0.534. The third kappa shape index (κ3) is 4.21. The summed E-state index contributed by atoms with van der Waals surface area (Å²) >= 11 is 0. The van der Waals surface area contributed by atoms with E-state index in [2.05, 4.69) is 9.55 Å². The summed E-state index contributed by atoms with van der Waals surface area (Å²) in [5.74, 6) is 1.41. The molecule has 2 N–H and O–H groups in total. The van der Waals surface area contributed by atoms with Crippen LogP contribution in [0, 0.1) is 5.92 Å². The van der Waals surface area contributed by atoms with Crippen LogP contribution in [0.15, 0.2) is 24.3 Å². The Kier molecular flexibility index (Phi) is 7.52. The Bertz CT molecular complexity index is 688. The van der Waals surface area contributed by atoms with Crippen molar-refractivity contribution in [3.8, 4) is 0 Å². The van der Waals surface area contributed by atoms with Gasteiger partial charge >= 0.3 is 0 Å². The highest BCUT2D eigenvalue weighted by molar-refractivity contribution is 5.85. The highest BCUT2D eigenvalue weighted by Gasteiger charge is 2.27. The Balaban J connectivity index is 0.00000144. The van der Waals surface area contributed by atoms with E-state index in [1.165, 1.54) is 0 Å². The molecule has 1 aromatic carbocycles. The molecule has 0 saturated heterocycles. The molecule has 0 bridgehead atoms. The molecule has 1 aromatic heterocycles. The van der Waals surface area contributed by atoms with Crippen LogP contribution >= 0.6 is 24.8 Å². The van der Waals surface area contributed by atoms with Crippen LogP contribution < -0.4 is 5.73 Å². The zero-order valence-corrected chi connectivity index (χ0v) is 15.8. The number of aromatic nitrogens is 2. The molecule has 1 aliphatic carbocycles. The van der Waals surface area contributed by atoms with Gasteiger partial charge in [-0.15, -0.1) is 24.8 Å². The molecule has 0 unspecified atom stereocenters. The molecule has 3 rings (SSSR count). The third-order valence-corrected chi connectivity index (χ3v) is 4.84. The van der Waals surface area contributed by atoms with Crippen LogP contribution in [0.25, 0.3) is 11.0 Å². The average Bonchev–Trinajstić information content (AvgIpc) is 3.04. The summed E-state index contributed by atoms with van der Waals surface area (Å²) in [7, 11) is 3.85. The van der Waals surface area contributed by atoms with E-state index in [1.807, 2.05) is 38.4 Å². The lowest BCUT2D eigenvalue weighted by molar-refractivity contribution is -0.131. The monoisotopic (exact) mass is 372 g/mol. The molecule has 2 atom stereocenters. The topological polar surface area (TPSA) is 64.2 Å². The number of hydrogen-bond acceptors (Lipinski definition) is 3. The molecule has 5 nitrogen and oxygen atoms in total. The van der Waals surface area contributed by atoms with Gasteiger partial charge in [-0.05, 0) is 30.9 Å². The predicted molar refractivity (Wildman–Crippen MR) is 102 cm³/mol.